The Kier molecular flexibility index (Phi) is 7.02. The molecule has 1 aromatic carbocycles. The summed E-state index contributed by atoms with van der Waals surface area (Å²) in [4.78, 5) is 17.0. The van der Waals surface area contributed by atoms with Gasteiger partial charge in [-0.15, -0.1) is 0 Å². The number of hydrogen-bond acceptors (Lipinski definition) is 7. The Morgan fingerprint density at radius 3 is 2.69 bits per heavy atom. The fourth-order valence-electron chi connectivity index (χ4n) is 3.69. The molecule has 0 radical (unpaired) electrons. The van der Waals surface area contributed by atoms with Crippen molar-refractivity contribution in [2.75, 3.05) is 18.4 Å². The maximum Gasteiger partial charge on any atom is 0.243 e. The second-order valence-electron chi connectivity index (χ2n) is 7.87. The van der Waals surface area contributed by atoms with Crippen LogP contribution in [-0.2, 0) is 21.2 Å². The first-order valence-corrected chi connectivity index (χ1v) is 13.1. The first-order valence-electron chi connectivity index (χ1n) is 10.7. The van der Waals surface area contributed by atoms with Gasteiger partial charge in [0.2, 0.25) is 27.6 Å². The first kappa shape index (κ1) is 22.6. The number of sulfonamides is 1. The van der Waals surface area contributed by atoms with Crippen LogP contribution in [0.1, 0.15) is 43.6 Å². The van der Waals surface area contributed by atoms with Crippen molar-refractivity contribution < 1.29 is 17.7 Å². The molecule has 1 aliphatic heterocycles. The number of aromatic nitrogens is 2. The highest BCUT2D eigenvalue weighted by molar-refractivity contribution is 7.89. The van der Waals surface area contributed by atoms with Crippen molar-refractivity contribution in [1.29, 1.82) is 0 Å². The topological polar surface area (TPSA) is 105 Å². The molecule has 4 rings (SSSR count). The molecule has 2 aromatic heterocycles. The molecule has 32 heavy (non-hydrogen) atoms. The molecule has 0 unspecified atom stereocenters. The van der Waals surface area contributed by atoms with Gasteiger partial charge in [0.25, 0.3) is 0 Å². The van der Waals surface area contributed by atoms with Gasteiger partial charge in [0.1, 0.15) is 0 Å². The zero-order chi connectivity index (χ0) is 22.6. The van der Waals surface area contributed by atoms with Gasteiger partial charge in [-0.25, -0.2) is 8.42 Å². The van der Waals surface area contributed by atoms with Crippen LogP contribution in [0.25, 0.3) is 11.4 Å². The molecule has 170 valence electrons. The summed E-state index contributed by atoms with van der Waals surface area (Å²) >= 11 is 1.55. The number of amides is 1. The second-order valence-corrected chi connectivity index (χ2v) is 10.6. The number of hydrogen-bond donors (Lipinski definition) is 1. The maximum atomic E-state index is 13.2. The summed E-state index contributed by atoms with van der Waals surface area (Å²) in [6.07, 6.45) is 4.30. The predicted octanol–water partition coefficient (Wildman–Crippen LogP) is 4.24. The van der Waals surface area contributed by atoms with Gasteiger partial charge in [-0.2, -0.15) is 20.6 Å². The summed E-state index contributed by atoms with van der Waals surface area (Å²) in [5.41, 5.74) is 2.00. The van der Waals surface area contributed by atoms with Crippen molar-refractivity contribution in [3.8, 4) is 11.4 Å². The fraction of sp³-hybridized carbons (Fsp3) is 0.409. The zero-order valence-corrected chi connectivity index (χ0v) is 19.5. The zero-order valence-electron chi connectivity index (χ0n) is 17.9. The van der Waals surface area contributed by atoms with E-state index in [2.05, 4.69) is 15.5 Å². The summed E-state index contributed by atoms with van der Waals surface area (Å²) < 4.78 is 33.2. The average molecular weight is 475 g/mol. The molecule has 1 fully saturated rings. The third-order valence-corrected chi connectivity index (χ3v) is 8.19. The lowest BCUT2D eigenvalue weighted by Crippen LogP contribution is -2.32. The van der Waals surface area contributed by atoms with Crippen LogP contribution in [0.15, 0.2) is 44.4 Å². The molecule has 1 aliphatic rings. The van der Waals surface area contributed by atoms with Crippen LogP contribution in [0.5, 0.6) is 0 Å². The van der Waals surface area contributed by atoms with Crippen molar-refractivity contribution in [1.82, 2.24) is 14.4 Å². The van der Waals surface area contributed by atoms with E-state index in [-0.39, 0.29) is 17.2 Å². The van der Waals surface area contributed by atoms with E-state index >= 15 is 0 Å². The van der Waals surface area contributed by atoms with Crippen molar-refractivity contribution in [3.05, 3.63) is 46.5 Å². The smallest absolute Gasteiger partial charge is 0.243 e. The Bertz CT molecular complexity index is 1160. The van der Waals surface area contributed by atoms with E-state index in [0.29, 0.717) is 42.5 Å². The fourth-order valence-corrected chi connectivity index (χ4v) is 6.09. The van der Waals surface area contributed by atoms with Crippen LogP contribution in [0.2, 0.25) is 0 Å². The minimum atomic E-state index is -3.60. The molecule has 1 saturated heterocycles. The Morgan fingerprint density at radius 2 is 1.97 bits per heavy atom. The van der Waals surface area contributed by atoms with Crippen molar-refractivity contribution in [3.63, 3.8) is 0 Å². The van der Waals surface area contributed by atoms with Gasteiger partial charge in [-0.05, 0) is 48.9 Å². The maximum absolute atomic E-state index is 13.2. The second kappa shape index (κ2) is 9.93. The van der Waals surface area contributed by atoms with E-state index in [1.165, 1.54) is 0 Å². The number of thiophene rings is 1. The molecular formula is C22H26N4O4S2. The lowest BCUT2D eigenvalue weighted by atomic mass is 10.2. The van der Waals surface area contributed by atoms with Crippen LogP contribution >= 0.6 is 11.3 Å². The largest absolute Gasteiger partial charge is 0.339 e. The number of nitrogens with zero attached hydrogens (tertiary/aromatic N) is 3. The number of carbonyl (C=O) groups excluding carboxylic acids is 1. The van der Waals surface area contributed by atoms with E-state index < -0.39 is 10.0 Å². The van der Waals surface area contributed by atoms with E-state index in [9.17, 15) is 13.2 Å². The molecule has 10 heteroatoms. The Balaban J connectivity index is 1.40. The van der Waals surface area contributed by atoms with Gasteiger partial charge < -0.3 is 9.84 Å². The van der Waals surface area contributed by atoms with Gasteiger partial charge in [0.05, 0.1) is 4.90 Å². The van der Waals surface area contributed by atoms with Gasteiger partial charge in [-0.1, -0.05) is 24.1 Å². The van der Waals surface area contributed by atoms with Crippen LogP contribution in [0.4, 0.5) is 5.69 Å². The van der Waals surface area contributed by atoms with Gasteiger partial charge in [0, 0.05) is 42.6 Å². The molecule has 0 atom stereocenters. The lowest BCUT2D eigenvalue weighted by molar-refractivity contribution is -0.116. The number of carbonyl (C=O) groups is 1. The van der Waals surface area contributed by atoms with E-state index in [1.807, 2.05) is 16.8 Å². The van der Waals surface area contributed by atoms with Crippen molar-refractivity contribution in [2.24, 2.45) is 0 Å². The van der Waals surface area contributed by atoms with Crippen LogP contribution in [0, 0.1) is 6.92 Å². The molecule has 1 N–H and O–H groups in total. The van der Waals surface area contributed by atoms with E-state index in [1.54, 1.807) is 40.8 Å². The molecular weight excluding hydrogens is 448 g/mol. The molecule has 0 spiro atoms. The summed E-state index contributed by atoms with van der Waals surface area (Å²) in [7, 11) is -3.60. The molecule has 8 nitrogen and oxygen atoms in total. The highest BCUT2D eigenvalue weighted by atomic mass is 32.2. The number of aryl methyl sites for hydroxylation is 2. The Hall–Kier alpha value is -2.56. The minimum absolute atomic E-state index is 0.146. The molecule has 3 heterocycles. The number of nitrogens with one attached hydrogen (secondary N) is 1. The first-order chi connectivity index (χ1) is 15.4. The molecule has 0 saturated carbocycles. The lowest BCUT2D eigenvalue weighted by Gasteiger charge is -2.21. The third kappa shape index (κ3) is 5.25. The molecule has 0 aliphatic carbocycles. The number of rotatable bonds is 7. The Labute approximate surface area is 191 Å². The summed E-state index contributed by atoms with van der Waals surface area (Å²) in [6.45, 7) is 2.85. The van der Waals surface area contributed by atoms with Crippen molar-refractivity contribution in [2.45, 2.75) is 50.3 Å². The third-order valence-electron chi connectivity index (χ3n) is 5.47. The van der Waals surface area contributed by atoms with Gasteiger partial charge in [-0.3, -0.25) is 4.79 Å². The molecule has 0 bridgehead atoms. The van der Waals surface area contributed by atoms with Crippen LogP contribution in [-0.4, -0.2) is 41.9 Å². The Morgan fingerprint density at radius 1 is 1.19 bits per heavy atom. The number of anilines is 1. The molecule has 3 aromatic rings. The van der Waals surface area contributed by atoms with Crippen LogP contribution in [0.3, 0.4) is 0 Å². The van der Waals surface area contributed by atoms with Gasteiger partial charge >= 0.3 is 0 Å². The van der Waals surface area contributed by atoms with Crippen LogP contribution < -0.4 is 5.32 Å². The van der Waals surface area contributed by atoms with E-state index in [4.69, 9.17) is 4.52 Å². The number of benzene rings is 1. The predicted molar refractivity (Wildman–Crippen MR) is 123 cm³/mol. The van der Waals surface area contributed by atoms with Crippen molar-refractivity contribution >= 4 is 33.0 Å². The SMILES string of the molecule is Cc1ccc(NC(=O)CCc2nc(-c3ccsc3)no2)cc1S(=O)(=O)N1CCCCCC1. The summed E-state index contributed by atoms with van der Waals surface area (Å²) in [6, 6.07) is 6.90. The highest BCUT2D eigenvalue weighted by Gasteiger charge is 2.27. The standard InChI is InChI=1S/C22H26N4O4S2/c1-16-6-7-18(14-19(16)32(28,29)26-11-4-2-3-5-12-26)23-20(27)8-9-21-24-22(25-30-21)17-10-13-31-15-17/h6-7,10,13-15H,2-5,8-9,11-12H2,1H3,(H,23,27). The molecule has 1 amide bonds. The monoisotopic (exact) mass is 474 g/mol. The summed E-state index contributed by atoms with van der Waals surface area (Å²) in [5, 5.41) is 10.6. The quantitative estimate of drug-likeness (QED) is 0.549. The minimum Gasteiger partial charge on any atom is -0.339 e. The normalized spacial score (nSPS) is 15.4. The summed E-state index contributed by atoms with van der Waals surface area (Å²) in [5.74, 6) is 0.639. The average Bonchev–Trinajstić information content (AvgIpc) is 3.39. The van der Waals surface area contributed by atoms with Gasteiger partial charge in [0.15, 0.2) is 0 Å². The van der Waals surface area contributed by atoms with E-state index in [0.717, 1.165) is 31.2 Å². The highest BCUT2D eigenvalue weighted by Crippen LogP contribution is 2.26.